The van der Waals surface area contributed by atoms with E-state index in [9.17, 15) is 4.39 Å². The number of hydrogen-bond acceptors (Lipinski definition) is 2. The second-order valence-corrected chi connectivity index (χ2v) is 6.95. The number of ether oxygens (including phenoxy) is 1. The van der Waals surface area contributed by atoms with Crippen LogP contribution in [0.3, 0.4) is 0 Å². The quantitative estimate of drug-likeness (QED) is 0.691. The Morgan fingerprint density at radius 3 is 2.81 bits per heavy atom. The first-order valence-corrected chi connectivity index (χ1v) is 9.34. The fraction of sp³-hybridized carbons (Fsp3) is 0.455. The van der Waals surface area contributed by atoms with Gasteiger partial charge in [0.05, 0.1) is 7.11 Å². The average Bonchev–Trinajstić information content (AvgIpc) is 2.64. The molecule has 0 amide bonds. The highest BCUT2D eigenvalue weighted by atomic mass is 35.5. The fourth-order valence-corrected chi connectivity index (χ4v) is 4.02. The molecule has 0 aliphatic heterocycles. The van der Waals surface area contributed by atoms with Gasteiger partial charge in [0, 0.05) is 6.54 Å². The van der Waals surface area contributed by atoms with Crippen molar-refractivity contribution < 1.29 is 9.13 Å². The van der Waals surface area contributed by atoms with Crippen LogP contribution in [0.1, 0.15) is 54.7 Å². The van der Waals surface area contributed by atoms with Gasteiger partial charge in [0.1, 0.15) is 11.6 Å². The van der Waals surface area contributed by atoms with Crippen LogP contribution in [0.4, 0.5) is 4.39 Å². The third kappa shape index (κ3) is 4.99. The molecule has 1 N–H and O–H groups in total. The summed E-state index contributed by atoms with van der Waals surface area (Å²) in [5.41, 5.74) is 3.96. The predicted molar refractivity (Wildman–Crippen MR) is 108 cm³/mol. The third-order valence-corrected chi connectivity index (χ3v) is 5.32. The molecule has 0 saturated heterocycles. The van der Waals surface area contributed by atoms with Crippen molar-refractivity contribution in [2.45, 2.75) is 44.4 Å². The number of benzene rings is 2. The molecule has 142 valence electrons. The molecular weight excluding hydrogens is 349 g/mol. The van der Waals surface area contributed by atoms with E-state index in [1.165, 1.54) is 30.0 Å². The molecule has 2 aromatic carbocycles. The van der Waals surface area contributed by atoms with Gasteiger partial charge < -0.3 is 10.1 Å². The van der Waals surface area contributed by atoms with Gasteiger partial charge in [-0.2, -0.15) is 0 Å². The van der Waals surface area contributed by atoms with Crippen molar-refractivity contribution in [3.63, 3.8) is 0 Å². The van der Waals surface area contributed by atoms with Crippen molar-refractivity contribution in [1.29, 1.82) is 0 Å². The van der Waals surface area contributed by atoms with E-state index >= 15 is 0 Å². The standard InChI is InChI=1S/C22H28FNO.ClH/c1-3-24-15-19(16-6-5-9-20(23)13-16)12-17-7-4-8-18-14-21(25-2)10-11-22(17)18;/h5-6,9-11,13-14,17,19,24H,3-4,7-8,12,15H2,1-2H3;1H. The highest BCUT2D eigenvalue weighted by molar-refractivity contribution is 5.85. The van der Waals surface area contributed by atoms with Gasteiger partial charge in [-0.1, -0.05) is 25.1 Å². The van der Waals surface area contributed by atoms with E-state index in [0.717, 1.165) is 37.2 Å². The number of rotatable bonds is 7. The Balaban J connectivity index is 0.00000243. The highest BCUT2D eigenvalue weighted by Gasteiger charge is 2.25. The van der Waals surface area contributed by atoms with Crippen LogP contribution < -0.4 is 10.1 Å². The lowest BCUT2D eigenvalue weighted by Gasteiger charge is -2.30. The van der Waals surface area contributed by atoms with Crippen LogP contribution in [0.5, 0.6) is 5.75 Å². The molecule has 0 spiro atoms. The monoisotopic (exact) mass is 377 g/mol. The van der Waals surface area contributed by atoms with Crippen molar-refractivity contribution in [1.82, 2.24) is 5.32 Å². The molecule has 0 saturated carbocycles. The summed E-state index contributed by atoms with van der Waals surface area (Å²) in [6.07, 6.45) is 4.59. The van der Waals surface area contributed by atoms with Crippen LogP contribution >= 0.6 is 12.4 Å². The third-order valence-electron chi connectivity index (χ3n) is 5.32. The van der Waals surface area contributed by atoms with Gasteiger partial charge in [-0.25, -0.2) is 4.39 Å². The molecule has 1 aliphatic rings. The Morgan fingerprint density at radius 1 is 1.23 bits per heavy atom. The minimum absolute atomic E-state index is 0. The summed E-state index contributed by atoms with van der Waals surface area (Å²) in [5, 5.41) is 3.46. The van der Waals surface area contributed by atoms with Crippen molar-refractivity contribution in [2.75, 3.05) is 20.2 Å². The number of hydrogen-bond donors (Lipinski definition) is 1. The summed E-state index contributed by atoms with van der Waals surface area (Å²) in [5.74, 6) is 1.65. The van der Waals surface area contributed by atoms with Crippen molar-refractivity contribution in [2.24, 2.45) is 0 Å². The molecule has 26 heavy (non-hydrogen) atoms. The maximum absolute atomic E-state index is 13.7. The average molecular weight is 378 g/mol. The normalized spacial score (nSPS) is 17.1. The molecular formula is C22H29ClFNO. The van der Waals surface area contributed by atoms with E-state index in [1.807, 2.05) is 6.07 Å². The molecule has 1 aliphatic carbocycles. The topological polar surface area (TPSA) is 21.3 Å². The first-order valence-electron chi connectivity index (χ1n) is 9.34. The molecule has 3 rings (SSSR count). The van der Waals surface area contributed by atoms with E-state index in [4.69, 9.17) is 4.74 Å². The van der Waals surface area contributed by atoms with E-state index in [0.29, 0.717) is 11.8 Å². The minimum Gasteiger partial charge on any atom is -0.497 e. The van der Waals surface area contributed by atoms with Crippen molar-refractivity contribution in [3.8, 4) is 5.75 Å². The molecule has 2 unspecified atom stereocenters. The number of likely N-dealkylation sites (N-methyl/N-ethyl adjacent to an activating group) is 1. The van der Waals surface area contributed by atoms with E-state index in [1.54, 1.807) is 13.2 Å². The van der Waals surface area contributed by atoms with Crippen LogP contribution in [0, 0.1) is 5.82 Å². The maximum atomic E-state index is 13.7. The molecule has 4 heteroatoms. The van der Waals surface area contributed by atoms with Gasteiger partial charge in [-0.15, -0.1) is 12.4 Å². The summed E-state index contributed by atoms with van der Waals surface area (Å²) in [6, 6.07) is 13.6. The zero-order valence-electron chi connectivity index (χ0n) is 15.6. The Morgan fingerprint density at radius 2 is 2.08 bits per heavy atom. The summed E-state index contributed by atoms with van der Waals surface area (Å²) in [7, 11) is 1.72. The van der Waals surface area contributed by atoms with Gasteiger partial charge in [-0.3, -0.25) is 0 Å². The molecule has 2 atom stereocenters. The zero-order chi connectivity index (χ0) is 17.6. The van der Waals surface area contributed by atoms with Crippen molar-refractivity contribution >= 4 is 12.4 Å². The number of nitrogens with one attached hydrogen (secondary N) is 1. The minimum atomic E-state index is -0.146. The first-order chi connectivity index (χ1) is 12.2. The molecule has 0 bridgehead atoms. The lowest BCUT2D eigenvalue weighted by molar-refractivity contribution is 0.411. The Labute approximate surface area is 162 Å². The van der Waals surface area contributed by atoms with Gasteiger partial charge in [0.15, 0.2) is 0 Å². The van der Waals surface area contributed by atoms with Crippen LogP contribution in [0.2, 0.25) is 0 Å². The van der Waals surface area contributed by atoms with Crippen LogP contribution in [0.15, 0.2) is 42.5 Å². The second-order valence-electron chi connectivity index (χ2n) is 6.95. The van der Waals surface area contributed by atoms with Crippen LogP contribution in [0.25, 0.3) is 0 Å². The smallest absolute Gasteiger partial charge is 0.123 e. The highest BCUT2D eigenvalue weighted by Crippen LogP contribution is 2.39. The van der Waals surface area contributed by atoms with E-state index < -0.39 is 0 Å². The second kappa shape index (κ2) is 9.94. The van der Waals surface area contributed by atoms with Gasteiger partial charge in [-0.05, 0) is 85.0 Å². The zero-order valence-corrected chi connectivity index (χ0v) is 16.4. The van der Waals surface area contributed by atoms with Gasteiger partial charge >= 0.3 is 0 Å². The number of halogens is 2. The van der Waals surface area contributed by atoms with Crippen molar-refractivity contribution in [3.05, 3.63) is 65.0 Å². The van der Waals surface area contributed by atoms with E-state index in [2.05, 4.69) is 36.5 Å². The summed E-state index contributed by atoms with van der Waals surface area (Å²) in [4.78, 5) is 0. The molecule has 0 fully saturated rings. The Hall–Kier alpha value is -1.58. The summed E-state index contributed by atoms with van der Waals surface area (Å²) < 4.78 is 19.1. The lowest BCUT2D eigenvalue weighted by atomic mass is 9.76. The molecule has 0 aromatic heterocycles. The molecule has 0 heterocycles. The molecule has 2 nitrogen and oxygen atoms in total. The summed E-state index contributed by atoms with van der Waals surface area (Å²) in [6.45, 7) is 3.94. The number of fused-ring (bicyclic) bond motifs is 1. The first kappa shape index (κ1) is 20.7. The number of methoxy groups -OCH3 is 1. The van der Waals surface area contributed by atoms with E-state index in [-0.39, 0.29) is 18.2 Å². The summed E-state index contributed by atoms with van der Waals surface area (Å²) >= 11 is 0. The largest absolute Gasteiger partial charge is 0.497 e. The number of aryl methyl sites for hydroxylation is 1. The maximum Gasteiger partial charge on any atom is 0.123 e. The Kier molecular flexibility index (Phi) is 7.92. The van der Waals surface area contributed by atoms with Gasteiger partial charge in [0.25, 0.3) is 0 Å². The lowest BCUT2D eigenvalue weighted by Crippen LogP contribution is -2.24. The van der Waals surface area contributed by atoms with Gasteiger partial charge in [0.2, 0.25) is 0 Å². The SMILES string of the molecule is CCNCC(CC1CCCc2cc(OC)ccc21)c1cccc(F)c1.Cl. The Bertz CT molecular complexity index is 706. The molecule has 2 aromatic rings. The van der Waals surface area contributed by atoms with Crippen LogP contribution in [-0.4, -0.2) is 20.2 Å². The van der Waals surface area contributed by atoms with Crippen LogP contribution in [-0.2, 0) is 6.42 Å². The fourth-order valence-electron chi connectivity index (χ4n) is 4.02. The predicted octanol–water partition coefficient (Wildman–Crippen LogP) is 5.46. The molecule has 0 radical (unpaired) electrons.